The molecular weight excluding hydrogens is 360 g/mol. The van der Waals surface area contributed by atoms with Crippen LogP contribution in [-0.4, -0.2) is 21.8 Å². The van der Waals surface area contributed by atoms with Crippen molar-refractivity contribution in [3.63, 3.8) is 0 Å². The van der Waals surface area contributed by atoms with Crippen molar-refractivity contribution in [3.05, 3.63) is 58.1 Å². The molecule has 9 nitrogen and oxygen atoms in total. The topological polar surface area (TPSA) is 147 Å². The average molecular weight is 372 g/mol. The zero-order valence-corrected chi connectivity index (χ0v) is 13.9. The van der Waals surface area contributed by atoms with E-state index in [9.17, 15) is 26.9 Å². The Balaban J connectivity index is 2.49. The van der Waals surface area contributed by atoms with Gasteiger partial charge in [0.25, 0.3) is 0 Å². The average Bonchev–Trinajstić information content (AvgIpc) is 2.46. The van der Waals surface area contributed by atoms with Crippen LogP contribution in [0.5, 0.6) is 5.75 Å². The highest BCUT2D eigenvalue weighted by Gasteiger charge is 2.25. The minimum Gasteiger partial charge on any atom is -0.372 e. The number of sulfonamides is 1. The van der Waals surface area contributed by atoms with Crippen LogP contribution in [0, 0.1) is 17.0 Å². The maximum atomic E-state index is 12.2. The van der Waals surface area contributed by atoms with Crippen molar-refractivity contribution in [1.82, 2.24) is 0 Å². The summed E-state index contributed by atoms with van der Waals surface area (Å²) in [5.41, 5.74) is -0.0188. The first-order chi connectivity index (χ1) is 11.0. The third-order valence-corrected chi connectivity index (χ3v) is 5.12. The Morgan fingerprint density at radius 3 is 2.04 bits per heavy atom. The number of nitrogens with zero attached hydrogens (tertiary/aromatic N) is 1. The number of nitro groups is 1. The molecule has 24 heavy (non-hydrogen) atoms. The molecule has 0 fully saturated rings. The molecule has 0 saturated carbocycles. The molecule has 0 spiro atoms. The van der Waals surface area contributed by atoms with E-state index in [-0.39, 0.29) is 4.90 Å². The lowest BCUT2D eigenvalue weighted by Crippen LogP contribution is -2.14. The summed E-state index contributed by atoms with van der Waals surface area (Å²) in [5.74, 6) is -0.618. The summed E-state index contributed by atoms with van der Waals surface area (Å²) in [5, 5.41) is 16.0. The van der Waals surface area contributed by atoms with Gasteiger partial charge in [-0.2, -0.15) is 8.42 Å². The number of hydrogen-bond donors (Lipinski definition) is 1. The van der Waals surface area contributed by atoms with Crippen LogP contribution < -0.4 is 9.32 Å². The predicted octanol–water partition coefficient (Wildman–Crippen LogP) is 1.32. The van der Waals surface area contributed by atoms with Crippen LogP contribution in [0.1, 0.15) is 5.56 Å². The molecule has 0 radical (unpaired) electrons. The Hall–Kier alpha value is -2.50. The maximum Gasteiger partial charge on any atom is 0.339 e. The minimum atomic E-state index is -4.32. The molecular formula is C13H12N2O7S2. The van der Waals surface area contributed by atoms with E-state index >= 15 is 0 Å². The number of primary sulfonamides is 1. The molecule has 0 aliphatic heterocycles. The largest absolute Gasteiger partial charge is 0.372 e. The van der Waals surface area contributed by atoms with Crippen molar-refractivity contribution in [2.45, 2.75) is 16.7 Å². The molecule has 2 aromatic rings. The van der Waals surface area contributed by atoms with E-state index in [1.165, 1.54) is 24.3 Å². The first kappa shape index (κ1) is 17.8. The summed E-state index contributed by atoms with van der Waals surface area (Å²) >= 11 is 0. The van der Waals surface area contributed by atoms with E-state index in [4.69, 9.17) is 9.32 Å². The summed E-state index contributed by atoms with van der Waals surface area (Å²) in [4.78, 5) is 9.37. The maximum absolute atomic E-state index is 12.2. The molecule has 2 aromatic carbocycles. The van der Waals surface area contributed by atoms with Gasteiger partial charge in [-0.1, -0.05) is 17.7 Å². The second kappa shape index (κ2) is 6.19. The van der Waals surface area contributed by atoms with E-state index in [1.807, 2.05) is 0 Å². The van der Waals surface area contributed by atoms with E-state index in [0.717, 1.165) is 17.7 Å². The third-order valence-electron chi connectivity index (χ3n) is 2.96. The summed E-state index contributed by atoms with van der Waals surface area (Å²) in [7, 11) is -8.51. The second-order valence-corrected chi connectivity index (χ2v) is 7.89. The number of nitrogens with two attached hydrogens (primary N) is 1. The molecule has 0 amide bonds. The summed E-state index contributed by atoms with van der Waals surface area (Å²) < 4.78 is 51.7. The Bertz CT molecular complexity index is 997. The third kappa shape index (κ3) is 3.88. The number of hydrogen-bond acceptors (Lipinski definition) is 7. The first-order valence-corrected chi connectivity index (χ1v) is 9.28. The molecule has 0 heterocycles. The van der Waals surface area contributed by atoms with Gasteiger partial charge in [-0.15, -0.1) is 0 Å². The van der Waals surface area contributed by atoms with Crippen LogP contribution in [0.15, 0.2) is 52.3 Å². The van der Waals surface area contributed by atoms with Crippen LogP contribution in [0.3, 0.4) is 0 Å². The van der Waals surface area contributed by atoms with Crippen LogP contribution in [0.25, 0.3) is 0 Å². The van der Waals surface area contributed by atoms with Gasteiger partial charge in [-0.05, 0) is 31.2 Å². The second-order valence-electron chi connectivity index (χ2n) is 4.78. The smallest absolute Gasteiger partial charge is 0.339 e. The fourth-order valence-electron chi connectivity index (χ4n) is 1.76. The highest BCUT2D eigenvalue weighted by atomic mass is 32.2. The van der Waals surface area contributed by atoms with Gasteiger partial charge in [-0.3, -0.25) is 10.1 Å². The Kier molecular flexibility index (Phi) is 4.60. The van der Waals surface area contributed by atoms with E-state index < -0.39 is 41.4 Å². The molecule has 0 saturated heterocycles. The van der Waals surface area contributed by atoms with Gasteiger partial charge in [0.15, 0.2) is 0 Å². The summed E-state index contributed by atoms with van der Waals surface area (Å²) in [6.07, 6.45) is 0. The van der Waals surface area contributed by atoms with Gasteiger partial charge in [0, 0.05) is 6.07 Å². The lowest BCUT2D eigenvalue weighted by atomic mass is 10.2. The highest BCUT2D eigenvalue weighted by molar-refractivity contribution is 7.89. The zero-order valence-electron chi connectivity index (χ0n) is 12.2. The SMILES string of the molecule is Cc1ccc(S(=O)(=O)Oc2ccc(S(N)(=O)=O)cc2[N+](=O)[O-])cc1. The van der Waals surface area contributed by atoms with Gasteiger partial charge in [0.05, 0.1) is 9.82 Å². The van der Waals surface area contributed by atoms with Gasteiger partial charge >= 0.3 is 15.8 Å². The number of rotatable bonds is 5. The quantitative estimate of drug-likeness (QED) is 0.473. The summed E-state index contributed by atoms with van der Waals surface area (Å²) in [6.45, 7) is 1.76. The van der Waals surface area contributed by atoms with Crippen LogP contribution in [0.2, 0.25) is 0 Å². The fourth-order valence-corrected chi connectivity index (χ4v) is 3.24. The number of benzene rings is 2. The van der Waals surface area contributed by atoms with Crippen molar-refractivity contribution in [2.24, 2.45) is 5.14 Å². The van der Waals surface area contributed by atoms with Crippen molar-refractivity contribution < 1.29 is 25.9 Å². The van der Waals surface area contributed by atoms with Gasteiger partial charge in [-0.25, -0.2) is 13.6 Å². The van der Waals surface area contributed by atoms with Crippen molar-refractivity contribution in [1.29, 1.82) is 0 Å². The zero-order chi connectivity index (χ0) is 18.1. The monoisotopic (exact) mass is 372 g/mol. The fraction of sp³-hybridized carbons (Fsp3) is 0.0769. The normalized spacial score (nSPS) is 11.9. The van der Waals surface area contributed by atoms with Crippen LogP contribution >= 0.6 is 0 Å². The standard InChI is InChI=1S/C13H12N2O7S2/c1-9-2-4-10(5-3-9)24(20,21)22-13-7-6-11(23(14,18)19)8-12(13)15(16)17/h2-8H,1H3,(H2,14,18,19). The Morgan fingerprint density at radius 2 is 1.54 bits per heavy atom. The molecule has 128 valence electrons. The molecule has 0 aromatic heterocycles. The van der Waals surface area contributed by atoms with Crippen molar-refractivity contribution in [2.75, 3.05) is 0 Å². The number of aryl methyl sites for hydroxylation is 1. The van der Waals surface area contributed by atoms with Crippen LogP contribution in [0.4, 0.5) is 5.69 Å². The Morgan fingerprint density at radius 1 is 1.00 bits per heavy atom. The molecule has 2 N–H and O–H groups in total. The molecule has 2 rings (SSSR count). The first-order valence-electron chi connectivity index (χ1n) is 6.33. The van der Waals surface area contributed by atoms with Gasteiger partial charge in [0.2, 0.25) is 15.8 Å². The van der Waals surface area contributed by atoms with E-state index in [1.54, 1.807) is 6.92 Å². The highest BCUT2D eigenvalue weighted by Crippen LogP contribution is 2.31. The molecule has 11 heteroatoms. The summed E-state index contributed by atoms with van der Waals surface area (Å²) in [6, 6.07) is 8.06. The van der Waals surface area contributed by atoms with Crippen LogP contribution in [-0.2, 0) is 20.1 Å². The number of nitro benzene ring substituents is 1. The van der Waals surface area contributed by atoms with Crippen molar-refractivity contribution in [3.8, 4) is 5.75 Å². The lowest BCUT2D eigenvalue weighted by molar-refractivity contribution is -0.385. The van der Waals surface area contributed by atoms with E-state index in [0.29, 0.717) is 6.07 Å². The molecule has 0 aliphatic carbocycles. The van der Waals surface area contributed by atoms with Crippen molar-refractivity contribution >= 4 is 25.8 Å². The predicted molar refractivity (Wildman–Crippen MR) is 83.5 cm³/mol. The molecule has 0 unspecified atom stereocenters. The van der Waals surface area contributed by atoms with Gasteiger partial charge in [0.1, 0.15) is 4.90 Å². The molecule has 0 atom stereocenters. The molecule has 0 bridgehead atoms. The minimum absolute atomic E-state index is 0.196. The molecule has 0 aliphatic rings. The van der Waals surface area contributed by atoms with E-state index in [2.05, 4.69) is 0 Å². The Labute approximate surface area is 138 Å². The van der Waals surface area contributed by atoms with Gasteiger partial charge < -0.3 is 4.18 Å². The lowest BCUT2D eigenvalue weighted by Gasteiger charge is -2.08.